The van der Waals surface area contributed by atoms with Gasteiger partial charge in [0.05, 0.1) is 37.3 Å². The molecule has 0 unspecified atom stereocenters. The number of hydrogen-bond donors (Lipinski definition) is 2. The number of amidine groups is 1. The summed E-state index contributed by atoms with van der Waals surface area (Å²) in [6.07, 6.45) is 2.69. The van der Waals surface area contributed by atoms with Crippen LogP contribution in [0.15, 0.2) is 84.2 Å². The Morgan fingerprint density at radius 3 is 2.47 bits per heavy atom. The molecule has 2 aromatic carbocycles. The number of anilines is 2. The van der Waals surface area contributed by atoms with E-state index < -0.39 is 28.9 Å². The lowest BCUT2D eigenvalue weighted by molar-refractivity contribution is -0.115. The quantitative estimate of drug-likeness (QED) is 0.337. The fourth-order valence-electron chi connectivity index (χ4n) is 5.24. The van der Waals surface area contributed by atoms with Gasteiger partial charge in [0.2, 0.25) is 11.9 Å². The van der Waals surface area contributed by atoms with Crippen molar-refractivity contribution < 1.29 is 22.8 Å². The second-order valence-corrected chi connectivity index (χ2v) is 11.1. The van der Waals surface area contributed by atoms with Crippen LogP contribution in [-0.2, 0) is 16.8 Å². The number of nitrogens with zero attached hydrogens (tertiary/aromatic N) is 5. The summed E-state index contributed by atoms with van der Waals surface area (Å²) in [5, 5.41) is 6.13. The summed E-state index contributed by atoms with van der Waals surface area (Å²) in [5.74, 6) is -2.19. The largest absolute Gasteiger partial charge is 0.338 e. The minimum Gasteiger partial charge on any atom is -0.338 e. The Morgan fingerprint density at radius 1 is 0.930 bits per heavy atom. The predicted octanol–water partition coefficient (Wildman–Crippen LogP) is 4.33. The van der Waals surface area contributed by atoms with E-state index in [4.69, 9.17) is 4.99 Å². The number of carbonyl (C=O) groups excluding carboxylic acids is 2. The van der Waals surface area contributed by atoms with Crippen molar-refractivity contribution >= 4 is 40.4 Å². The van der Waals surface area contributed by atoms with Gasteiger partial charge in [-0.25, -0.2) is 28.1 Å². The van der Waals surface area contributed by atoms with Gasteiger partial charge in [-0.1, -0.05) is 42.1 Å². The number of aromatic nitrogens is 3. The number of hydrogen-bond acceptors (Lipinski definition) is 8. The van der Waals surface area contributed by atoms with Gasteiger partial charge in [0.1, 0.15) is 17.2 Å². The van der Waals surface area contributed by atoms with Gasteiger partial charge in [0, 0.05) is 35.5 Å². The maximum Gasteiger partial charge on any atom is 0.257 e. The van der Waals surface area contributed by atoms with Crippen LogP contribution in [0, 0.1) is 23.4 Å². The maximum atomic E-state index is 14.1. The zero-order valence-electron chi connectivity index (χ0n) is 22.5. The second-order valence-electron chi connectivity index (χ2n) is 10.1. The van der Waals surface area contributed by atoms with Crippen LogP contribution in [-0.4, -0.2) is 50.8 Å². The lowest BCUT2D eigenvalue weighted by Crippen LogP contribution is -2.42. The zero-order chi connectivity index (χ0) is 30.0. The van der Waals surface area contributed by atoms with Crippen molar-refractivity contribution in [1.29, 1.82) is 0 Å². The number of aliphatic imine (C=N–C) groups is 1. The van der Waals surface area contributed by atoms with Crippen LogP contribution in [0.4, 0.5) is 24.8 Å². The number of thioether (sulfide) groups is 1. The Balaban J connectivity index is 1.31. The molecule has 6 rings (SSSR count). The molecule has 4 heterocycles. The Labute approximate surface area is 248 Å². The zero-order valence-corrected chi connectivity index (χ0v) is 23.3. The van der Waals surface area contributed by atoms with Gasteiger partial charge in [-0.15, -0.1) is 0 Å². The highest BCUT2D eigenvalue weighted by atomic mass is 32.2. The Hall–Kier alpha value is -4.78. The summed E-state index contributed by atoms with van der Waals surface area (Å²) in [6, 6.07) is 16.6. The van der Waals surface area contributed by atoms with E-state index in [1.165, 1.54) is 11.8 Å². The molecular formula is C30H24F3N7O2S. The van der Waals surface area contributed by atoms with Crippen molar-refractivity contribution in [2.75, 3.05) is 29.1 Å². The number of amides is 2. The summed E-state index contributed by atoms with van der Waals surface area (Å²) >= 11 is 1.43. The molecule has 0 radical (unpaired) electrons. The highest BCUT2D eigenvalue weighted by Gasteiger charge is 2.51. The molecule has 1 saturated heterocycles. The van der Waals surface area contributed by atoms with E-state index in [-0.39, 0.29) is 23.9 Å². The first-order chi connectivity index (χ1) is 20.8. The third kappa shape index (κ3) is 6.07. The summed E-state index contributed by atoms with van der Waals surface area (Å²) in [5.41, 5.74) is 0.655. The fraction of sp³-hybridized carbons (Fsp3) is 0.200. The van der Waals surface area contributed by atoms with Gasteiger partial charge in [-0.2, -0.15) is 0 Å². The van der Waals surface area contributed by atoms with Gasteiger partial charge in [0.25, 0.3) is 5.91 Å². The van der Waals surface area contributed by atoms with Crippen molar-refractivity contribution in [2.24, 2.45) is 10.9 Å². The summed E-state index contributed by atoms with van der Waals surface area (Å²) in [7, 11) is 0. The van der Waals surface area contributed by atoms with Crippen molar-refractivity contribution in [2.45, 2.75) is 12.0 Å². The lowest BCUT2D eigenvalue weighted by Gasteiger charge is -2.35. The number of benzene rings is 2. The molecule has 9 nitrogen and oxygen atoms in total. The molecule has 1 fully saturated rings. The minimum atomic E-state index is -0.904. The molecule has 0 saturated carbocycles. The third-order valence-electron chi connectivity index (χ3n) is 7.27. The van der Waals surface area contributed by atoms with Crippen LogP contribution in [0.1, 0.15) is 21.6 Å². The Bertz CT molecular complexity index is 1710. The van der Waals surface area contributed by atoms with Crippen LogP contribution < -0.4 is 15.5 Å². The molecule has 2 aromatic heterocycles. The smallest absolute Gasteiger partial charge is 0.257 e. The average Bonchev–Trinajstić information content (AvgIpc) is 3.40. The monoisotopic (exact) mass is 603 g/mol. The topological polar surface area (TPSA) is 112 Å². The fourth-order valence-corrected chi connectivity index (χ4v) is 6.38. The molecule has 0 bridgehead atoms. The average molecular weight is 604 g/mol. The van der Waals surface area contributed by atoms with Gasteiger partial charge in [-0.05, 0) is 29.8 Å². The lowest BCUT2D eigenvalue weighted by atomic mass is 9.81. The van der Waals surface area contributed by atoms with E-state index >= 15 is 0 Å². The molecule has 2 amide bonds. The van der Waals surface area contributed by atoms with Crippen molar-refractivity contribution in [3.8, 4) is 0 Å². The highest BCUT2D eigenvalue weighted by Crippen LogP contribution is 2.46. The van der Waals surface area contributed by atoms with Crippen molar-refractivity contribution in [3.63, 3.8) is 0 Å². The van der Waals surface area contributed by atoms with Gasteiger partial charge in [0.15, 0.2) is 11.0 Å². The van der Waals surface area contributed by atoms with Crippen LogP contribution in [0.2, 0.25) is 0 Å². The molecule has 2 aliphatic rings. The van der Waals surface area contributed by atoms with E-state index in [1.807, 2.05) is 17.0 Å². The summed E-state index contributed by atoms with van der Waals surface area (Å²) < 4.78 is 40.9. The maximum absolute atomic E-state index is 14.1. The van der Waals surface area contributed by atoms with Gasteiger partial charge < -0.3 is 15.5 Å². The number of halogens is 3. The summed E-state index contributed by atoms with van der Waals surface area (Å²) in [4.78, 5) is 44.7. The number of fused-ring (bicyclic) bond motifs is 1. The summed E-state index contributed by atoms with van der Waals surface area (Å²) in [6.45, 7) is 0.852. The van der Waals surface area contributed by atoms with Crippen LogP contribution in [0.25, 0.3) is 0 Å². The molecular weight excluding hydrogens is 579 g/mol. The molecule has 43 heavy (non-hydrogen) atoms. The number of nitrogens with one attached hydrogen (secondary N) is 2. The van der Waals surface area contributed by atoms with E-state index in [0.717, 1.165) is 24.2 Å². The molecule has 2 atom stereocenters. The van der Waals surface area contributed by atoms with Crippen LogP contribution in [0.3, 0.4) is 0 Å². The Morgan fingerprint density at radius 2 is 1.70 bits per heavy atom. The molecule has 4 aromatic rings. The molecule has 218 valence electrons. The molecule has 2 aliphatic heterocycles. The van der Waals surface area contributed by atoms with Crippen LogP contribution >= 0.6 is 11.8 Å². The molecule has 13 heteroatoms. The number of rotatable bonds is 6. The number of carbonyl (C=O) groups is 2. The van der Waals surface area contributed by atoms with E-state index in [0.29, 0.717) is 47.3 Å². The minimum absolute atomic E-state index is 0.0491. The molecule has 2 N–H and O–H groups in total. The van der Waals surface area contributed by atoms with E-state index in [2.05, 4.69) is 25.6 Å². The molecule has 0 spiro atoms. The SMILES string of the molecule is O=C(Cc1ncc(F)cc1F)Nc1cccc([C@]23CN(c4ncc(F)cn4)C[C@H]2CSC(NC(=O)c2ccccc2)=N3)c1. The standard InChI is InChI=1S/C30H24F3N7O2S/c31-21-10-24(33)25(34-12-21)11-26(41)37-23-8-4-7-19(9-23)30-17-40(28-35-13-22(32)14-36-28)15-20(30)16-43-29(39-30)38-27(42)18-5-2-1-3-6-18/h1-10,12-14,20H,11,15-17H2,(H,37,41)(H,38,39,42)/t20-,30+/m0/s1. The third-order valence-corrected chi connectivity index (χ3v) is 8.31. The van der Waals surface area contributed by atoms with Crippen molar-refractivity contribution in [3.05, 3.63) is 114 Å². The van der Waals surface area contributed by atoms with E-state index in [1.54, 1.807) is 42.5 Å². The van der Waals surface area contributed by atoms with Gasteiger partial charge in [-0.3, -0.25) is 14.6 Å². The second kappa shape index (κ2) is 11.8. The molecule has 0 aliphatic carbocycles. The highest BCUT2D eigenvalue weighted by molar-refractivity contribution is 8.13. The first kappa shape index (κ1) is 28.3. The van der Waals surface area contributed by atoms with Crippen LogP contribution in [0.5, 0.6) is 0 Å². The first-order valence-electron chi connectivity index (χ1n) is 13.3. The number of pyridine rings is 1. The predicted molar refractivity (Wildman–Crippen MR) is 156 cm³/mol. The normalized spacial score (nSPS) is 19.4. The van der Waals surface area contributed by atoms with Crippen molar-refractivity contribution in [1.82, 2.24) is 20.3 Å². The van der Waals surface area contributed by atoms with E-state index in [9.17, 15) is 22.8 Å². The van der Waals surface area contributed by atoms with Gasteiger partial charge >= 0.3 is 0 Å². The first-order valence-corrected chi connectivity index (χ1v) is 14.3. The Kier molecular flexibility index (Phi) is 7.80.